The average molecular weight is 471 g/mol. The van der Waals surface area contributed by atoms with E-state index in [4.69, 9.17) is 4.74 Å². The maximum Gasteiger partial charge on any atom is 0.265 e. The van der Waals surface area contributed by atoms with Crippen molar-refractivity contribution in [1.29, 1.82) is 0 Å². The van der Waals surface area contributed by atoms with Crippen molar-refractivity contribution in [1.82, 2.24) is 9.99 Å². The van der Waals surface area contributed by atoms with Crippen LogP contribution in [0.15, 0.2) is 76.6 Å². The molecule has 0 aliphatic rings. The number of rotatable bonds is 7. The number of benzene rings is 3. The predicted octanol–water partition coefficient (Wildman–Crippen LogP) is 3.88. The largest absolute Gasteiger partial charge is 0.495 e. The third kappa shape index (κ3) is 4.86. The van der Waals surface area contributed by atoms with Crippen molar-refractivity contribution < 1.29 is 14.6 Å². The Morgan fingerprint density at radius 3 is 2.49 bits per heavy atom. The van der Waals surface area contributed by atoms with Gasteiger partial charge in [0.15, 0.2) is 0 Å². The molecule has 0 spiro atoms. The monoisotopic (exact) mass is 470 g/mol. The number of hydrazone groups is 1. The number of carbonyl (C=O) groups is 1. The van der Waals surface area contributed by atoms with Crippen molar-refractivity contribution >= 4 is 28.6 Å². The van der Waals surface area contributed by atoms with Crippen LogP contribution in [0, 0.1) is 13.8 Å². The van der Waals surface area contributed by atoms with Gasteiger partial charge in [-0.15, -0.1) is 0 Å². The fourth-order valence-corrected chi connectivity index (χ4v) is 3.77. The van der Waals surface area contributed by atoms with Gasteiger partial charge in [-0.3, -0.25) is 9.59 Å². The van der Waals surface area contributed by atoms with E-state index in [2.05, 4.69) is 15.8 Å². The summed E-state index contributed by atoms with van der Waals surface area (Å²) >= 11 is 0. The number of aromatic hydroxyl groups is 1. The summed E-state index contributed by atoms with van der Waals surface area (Å²) in [5.41, 5.74) is 5.71. The molecule has 1 amide bonds. The van der Waals surface area contributed by atoms with Crippen LogP contribution in [-0.2, 0) is 4.79 Å². The molecule has 3 N–H and O–H groups in total. The van der Waals surface area contributed by atoms with Crippen LogP contribution in [0.2, 0.25) is 0 Å². The van der Waals surface area contributed by atoms with E-state index in [1.54, 1.807) is 49.6 Å². The third-order valence-electron chi connectivity index (χ3n) is 5.78. The summed E-state index contributed by atoms with van der Waals surface area (Å²) in [4.78, 5) is 25.5. The molecule has 0 saturated heterocycles. The highest BCUT2D eigenvalue weighted by molar-refractivity contribution is 6.02. The molecule has 0 unspecified atom stereocenters. The minimum absolute atomic E-state index is 0.0351. The van der Waals surface area contributed by atoms with Gasteiger partial charge in [-0.05, 0) is 55.3 Å². The number of fused-ring (bicyclic) bond motifs is 1. The molecule has 4 aromatic rings. The molecule has 178 valence electrons. The highest BCUT2D eigenvalue weighted by Crippen LogP contribution is 2.26. The molecule has 0 saturated carbocycles. The second-order valence-corrected chi connectivity index (χ2v) is 8.04. The number of hydrogen-bond donors (Lipinski definition) is 3. The Morgan fingerprint density at radius 2 is 1.74 bits per heavy atom. The lowest BCUT2D eigenvalue weighted by atomic mass is 10.1. The first-order chi connectivity index (χ1) is 16.9. The summed E-state index contributed by atoms with van der Waals surface area (Å²) in [6.07, 6.45) is 1.34. The fraction of sp³-hybridized carbons (Fsp3) is 0.148. The number of aromatic nitrogens is 1. The zero-order valence-electron chi connectivity index (χ0n) is 19.7. The van der Waals surface area contributed by atoms with Crippen LogP contribution in [0.1, 0.15) is 16.7 Å². The van der Waals surface area contributed by atoms with Crippen molar-refractivity contribution in [3.05, 3.63) is 93.8 Å². The van der Waals surface area contributed by atoms with Crippen molar-refractivity contribution in [3.8, 4) is 17.3 Å². The predicted molar refractivity (Wildman–Crippen MR) is 138 cm³/mol. The Bertz CT molecular complexity index is 1490. The Kier molecular flexibility index (Phi) is 6.82. The molecule has 3 aromatic carbocycles. The summed E-state index contributed by atoms with van der Waals surface area (Å²) in [7, 11) is 1.55. The molecule has 0 radical (unpaired) electrons. The lowest BCUT2D eigenvalue weighted by molar-refractivity contribution is -0.119. The number of para-hydroxylation sites is 2. The first-order valence-electron chi connectivity index (χ1n) is 11.0. The van der Waals surface area contributed by atoms with Gasteiger partial charge in [-0.1, -0.05) is 36.4 Å². The van der Waals surface area contributed by atoms with Gasteiger partial charge in [-0.25, -0.2) is 9.99 Å². The highest BCUT2D eigenvalue weighted by atomic mass is 16.5. The van der Waals surface area contributed by atoms with Crippen LogP contribution in [0.3, 0.4) is 0 Å². The number of anilines is 1. The van der Waals surface area contributed by atoms with E-state index in [1.165, 1.54) is 10.8 Å². The molecule has 8 nitrogen and oxygen atoms in total. The number of nitrogens with zero attached hydrogens (tertiary/aromatic N) is 2. The molecule has 1 aromatic heterocycles. The van der Waals surface area contributed by atoms with Gasteiger partial charge in [0.25, 0.3) is 11.5 Å². The third-order valence-corrected chi connectivity index (χ3v) is 5.78. The Labute approximate surface area is 202 Å². The topological polar surface area (TPSA) is 105 Å². The van der Waals surface area contributed by atoms with E-state index in [1.807, 2.05) is 38.1 Å². The van der Waals surface area contributed by atoms with E-state index in [0.29, 0.717) is 33.5 Å². The first-order valence-corrected chi connectivity index (χ1v) is 11.0. The van der Waals surface area contributed by atoms with E-state index in [9.17, 15) is 14.7 Å². The SMILES string of the molecule is COc1ccccc1NCC(=O)NN=Cc1c(O)n(-c2ccc(C)c(C)c2)c(=O)c2ccccc12. The van der Waals surface area contributed by atoms with Crippen molar-refractivity contribution in [2.24, 2.45) is 5.10 Å². The number of amides is 1. The van der Waals surface area contributed by atoms with Gasteiger partial charge in [0, 0.05) is 10.8 Å². The summed E-state index contributed by atoms with van der Waals surface area (Å²) in [5.74, 6) is -0.0330. The lowest BCUT2D eigenvalue weighted by Crippen LogP contribution is -2.26. The maximum atomic E-state index is 13.2. The molecular formula is C27H26N4O4. The normalized spacial score (nSPS) is 11.1. The number of carbonyl (C=O) groups excluding carboxylic acids is 1. The van der Waals surface area contributed by atoms with Gasteiger partial charge in [0.1, 0.15) is 5.75 Å². The van der Waals surface area contributed by atoms with Crippen LogP contribution in [-0.4, -0.2) is 35.4 Å². The van der Waals surface area contributed by atoms with Gasteiger partial charge < -0.3 is 15.2 Å². The smallest absolute Gasteiger partial charge is 0.265 e. The number of aryl methyl sites for hydroxylation is 2. The fourth-order valence-electron chi connectivity index (χ4n) is 3.77. The Balaban J connectivity index is 1.63. The summed E-state index contributed by atoms with van der Waals surface area (Å²) < 4.78 is 6.51. The summed E-state index contributed by atoms with van der Waals surface area (Å²) in [5, 5.41) is 19.1. The molecule has 0 aliphatic carbocycles. The van der Waals surface area contributed by atoms with Crippen LogP contribution in [0.5, 0.6) is 11.6 Å². The minimum Gasteiger partial charge on any atom is -0.495 e. The van der Waals surface area contributed by atoms with E-state index >= 15 is 0 Å². The van der Waals surface area contributed by atoms with Gasteiger partial charge in [0.05, 0.1) is 36.8 Å². The molecule has 0 fully saturated rings. The number of ether oxygens (including phenoxy) is 1. The maximum absolute atomic E-state index is 13.2. The van der Waals surface area contributed by atoms with Crippen LogP contribution < -0.4 is 21.0 Å². The second-order valence-electron chi connectivity index (χ2n) is 8.04. The first kappa shape index (κ1) is 23.6. The molecule has 4 rings (SSSR count). The zero-order chi connectivity index (χ0) is 24.9. The molecule has 1 heterocycles. The second kappa shape index (κ2) is 10.1. The number of hydrogen-bond acceptors (Lipinski definition) is 6. The number of pyridine rings is 1. The van der Waals surface area contributed by atoms with Crippen molar-refractivity contribution in [3.63, 3.8) is 0 Å². The van der Waals surface area contributed by atoms with Gasteiger partial charge in [0.2, 0.25) is 5.88 Å². The Hall–Kier alpha value is -4.59. The summed E-state index contributed by atoms with van der Waals surface area (Å²) in [6, 6.07) is 19.7. The number of methoxy groups -OCH3 is 1. The van der Waals surface area contributed by atoms with Crippen LogP contribution in [0.25, 0.3) is 16.5 Å². The molecule has 0 bridgehead atoms. The van der Waals surface area contributed by atoms with E-state index in [0.717, 1.165) is 11.1 Å². The molecular weight excluding hydrogens is 444 g/mol. The van der Waals surface area contributed by atoms with E-state index in [-0.39, 0.29) is 18.0 Å². The standard InChI is InChI=1S/C27H26N4O4/c1-17-12-13-19(14-18(17)2)31-26(33)21-9-5-4-8-20(21)22(27(31)34)15-29-30-25(32)16-28-23-10-6-7-11-24(23)35-3/h4-15,28,34H,16H2,1-3H3,(H,30,32). The molecule has 35 heavy (non-hydrogen) atoms. The lowest BCUT2D eigenvalue weighted by Gasteiger charge is -2.14. The highest BCUT2D eigenvalue weighted by Gasteiger charge is 2.16. The van der Waals surface area contributed by atoms with Gasteiger partial charge in [-0.2, -0.15) is 5.10 Å². The molecule has 0 atom stereocenters. The summed E-state index contributed by atoms with van der Waals surface area (Å²) in [6.45, 7) is 3.89. The van der Waals surface area contributed by atoms with Crippen molar-refractivity contribution in [2.75, 3.05) is 19.0 Å². The quantitative estimate of drug-likeness (QED) is 0.281. The zero-order valence-corrected chi connectivity index (χ0v) is 19.7. The van der Waals surface area contributed by atoms with Crippen LogP contribution >= 0.6 is 0 Å². The average Bonchev–Trinajstić information content (AvgIpc) is 2.87. The Morgan fingerprint density at radius 1 is 1.03 bits per heavy atom. The molecule has 8 heteroatoms. The van der Waals surface area contributed by atoms with Crippen molar-refractivity contribution in [2.45, 2.75) is 13.8 Å². The van der Waals surface area contributed by atoms with Gasteiger partial charge >= 0.3 is 0 Å². The van der Waals surface area contributed by atoms with E-state index < -0.39 is 5.91 Å². The molecule has 0 aliphatic heterocycles. The minimum atomic E-state index is -0.390. The number of nitrogens with one attached hydrogen (secondary N) is 2. The van der Waals surface area contributed by atoms with Crippen LogP contribution in [0.4, 0.5) is 5.69 Å².